The van der Waals surface area contributed by atoms with Crippen molar-refractivity contribution in [1.82, 2.24) is 5.32 Å². The molecule has 0 heterocycles. The molecular formula is C21H24N2O5. The van der Waals surface area contributed by atoms with E-state index in [2.05, 4.69) is 15.4 Å². The van der Waals surface area contributed by atoms with Gasteiger partial charge in [0.15, 0.2) is 0 Å². The summed E-state index contributed by atoms with van der Waals surface area (Å²) in [5, 5.41) is 5.49. The van der Waals surface area contributed by atoms with Crippen molar-refractivity contribution in [2.75, 3.05) is 19.5 Å². The summed E-state index contributed by atoms with van der Waals surface area (Å²) in [6.07, 6.45) is 0. The molecule has 1 unspecified atom stereocenters. The first-order chi connectivity index (χ1) is 13.3. The summed E-state index contributed by atoms with van der Waals surface area (Å²) in [5.74, 6) is -0.741. The van der Waals surface area contributed by atoms with Crippen LogP contribution < -0.4 is 15.4 Å². The maximum Gasteiger partial charge on any atom is 0.337 e. The number of methoxy groups -OCH3 is 2. The highest BCUT2D eigenvalue weighted by Crippen LogP contribution is 2.15. The van der Waals surface area contributed by atoms with Gasteiger partial charge in [0.2, 0.25) is 5.91 Å². The van der Waals surface area contributed by atoms with E-state index in [0.717, 1.165) is 0 Å². The second-order valence-corrected chi connectivity index (χ2v) is 6.49. The van der Waals surface area contributed by atoms with Crippen LogP contribution in [0.25, 0.3) is 0 Å². The van der Waals surface area contributed by atoms with Crippen LogP contribution >= 0.6 is 0 Å². The zero-order valence-electron chi connectivity index (χ0n) is 16.3. The molecule has 0 aliphatic heterocycles. The van der Waals surface area contributed by atoms with Crippen LogP contribution in [-0.2, 0) is 9.53 Å². The minimum atomic E-state index is -0.753. The molecule has 1 atom stereocenters. The van der Waals surface area contributed by atoms with Gasteiger partial charge in [-0.25, -0.2) is 4.79 Å². The van der Waals surface area contributed by atoms with Crippen molar-refractivity contribution in [2.45, 2.75) is 19.9 Å². The molecule has 148 valence electrons. The fraction of sp³-hybridized carbons (Fsp3) is 0.286. The molecule has 2 N–H and O–H groups in total. The SMILES string of the molecule is COC(=O)c1cccc(NC(=O)C(NC(=O)c2ccc(OC)cc2)C(C)C)c1. The number of nitrogens with one attached hydrogen (secondary N) is 2. The highest BCUT2D eigenvalue weighted by Gasteiger charge is 2.25. The van der Waals surface area contributed by atoms with Gasteiger partial charge in [0.25, 0.3) is 5.91 Å². The minimum Gasteiger partial charge on any atom is -0.497 e. The Bertz CT molecular complexity index is 846. The van der Waals surface area contributed by atoms with E-state index in [1.54, 1.807) is 49.6 Å². The Morgan fingerprint density at radius 1 is 0.929 bits per heavy atom. The van der Waals surface area contributed by atoms with Crippen molar-refractivity contribution in [2.24, 2.45) is 5.92 Å². The second kappa shape index (κ2) is 9.55. The molecule has 0 saturated heterocycles. The van der Waals surface area contributed by atoms with Crippen molar-refractivity contribution in [3.8, 4) is 5.75 Å². The van der Waals surface area contributed by atoms with Crippen LogP contribution in [0.4, 0.5) is 5.69 Å². The van der Waals surface area contributed by atoms with Crippen LogP contribution in [0.3, 0.4) is 0 Å². The van der Waals surface area contributed by atoms with Gasteiger partial charge in [0.05, 0.1) is 19.8 Å². The Labute approximate surface area is 164 Å². The Kier molecular flexibility index (Phi) is 7.14. The Morgan fingerprint density at radius 3 is 2.18 bits per heavy atom. The number of carbonyl (C=O) groups is 3. The zero-order chi connectivity index (χ0) is 20.7. The minimum absolute atomic E-state index is 0.147. The molecule has 28 heavy (non-hydrogen) atoms. The lowest BCUT2D eigenvalue weighted by atomic mass is 10.0. The molecule has 0 aliphatic rings. The van der Waals surface area contributed by atoms with Gasteiger partial charge in [-0.1, -0.05) is 19.9 Å². The first-order valence-electron chi connectivity index (χ1n) is 8.80. The van der Waals surface area contributed by atoms with Crippen molar-refractivity contribution >= 4 is 23.5 Å². The smallest absolute Gasteiger partial charge is 0.337 e. The molecule has 0 bridgehead atoms. The monoisotopic (exact) mass is 384 g/mol. The molecule has 0 fully saturated rings. The van der Waals surface area contributed by atoms with E-state index in [1.165, 1.54) is 13.2 Å². The van der Waals surface area contributed by atoms with Gasteiger partial charge >= 0.3 is 5.97 Å². The number of hydrogen-bond donors (Lipinski definition) is 2. The normalized spacial score (nSPS) is 11.5. The quantitative estimate of drug-likeness (QED) is 0.716. The highest BCUT2D eigenvalue weighted by molar-refractivity contribution is 6.02. The zero-order valence-corrected chi connectivity index (χ0v) is 16.3. The third-order valence-corrected chi connectivity index (χ3v) is 4.14. The summed E-state index contributed by atoms with van der Waals surface area (Å²) in [4.78, 5) is 36.9. The van der Waals surface area contributed by atoms with Crippen molar-refractivity contribution in [1.29, 1.82) is 0 Å². The van der Waals surface area contributed by atoms with Crippen LogP contribution in [0.5, 0.6) is 5.75 Å². The summed E-state index contributed by atoms with van der Waals surface area (Å²) in [5.41, 5.74) is 1.19. The van der Waals surface area contributed by atoms with Crippen molar-refractivity contribution in [3.63, 3.8) is 0 Å². The number of esters is 1. The fourth-order valence-electron chi connectivity index (χ4n) is 2.56. The lowest BCUT2D eigenvalue weighted by Crippen LogP contribution is -2.47. The summed E-state index contributed by atoms with van der Waals surface area (Å²) >= 11 is 0. The molecule has 0 saturated carbocycles. The Balaban J connectivity index is 2.11. The van der Waals surface area contributed by atoms with Crippen LogP contribution in [0.2, 0.25) is 0 Å². The van der Waals surface area contributed by atoms with E-state index >= 15 is 0 Å². The van der Waals surface area contributed by atoms with Crippen LogP contribution in [-0.4, -0.2) is 38.0 Å². The number of anilines is 1. The van der Waals surface area contributed by atoms with Crippen LogP contribution in [0.15, 0.2) is 48.5 Å². The van der Waals surface area contributed by atoms with Gasteiger partial charge in [0, 0.05) is 11.3 Å². The first kappa shape index (κ1) is 21.0. The van der Waals surface area contributed by atoms with Crippen LogP contribution in [0.1, 0.15) is 34.6 Å². The van der Waals surface area contributed by atoms with E-state index in [0.29, 0.717) is 22.6 Å². The van der Waals surface area contributed by atoms with Gasteiger partial charge < -0.3 is 20.1 Å². The largest absolute Gasteiger partial charge is 0.497 e. The number of carbonyl (C=O) groups excluding carboxylic acids is 3. The summed E-state index contributed by atoms with van der Waals surface area (Å²) < 4.78 is 9.76. The molecule has 7 heteroatoms. The molecule has 0 aromatic heterocycles. The van der Waals surface area contributed by atoms with Gasteiger partial charge in [-0.2, -0.15) is 0 Å². The average Bonchev–Trinajstić information content (AvgIpc) is 2.71. The Morgan fingerprint density at radius 2 is 1.61 bits per heavy atom. The first-order valence-corrected chi connectivity index (χ1v) is 8.80. The van der Waals surface area contributed by atoms with Gasteiger partial charge in [-0.15, -0.1) is 0 Å². The van der Waals surface area contributed by atoms with E-state index in [9.17, 15) is 14.4 Å². The number of benzene rings is 2. The van der Waals surface area contributed by atoms with Gasteiger partial charge in [-0.05, 0) is 48.4 Å². The van der Waals surface area contributed by atoms with E-state index in [4.69, 9.17) is 4.74 Å². The maximum atomic E-state index is 12.7. The van der Waals surface area contributed by atoms with Gasteiger partial charge in [-0.3, -0.25) is 9.59 Å². The molecule has 2 amide bonds. The predicted molar refractivity (Wildman–Crippen MR) is 105 cm³/mol. The molecule has 0 spiro atoms. The van der Waals surface area contributed by atoms with Gasteiger partial charge in [0.1, 0.15) is 11.8 Å². The van der Waals surface area contributed by atoms with Crippen molar-refractivity contribution < 1.29 is 23.9 Å². The average molecular weight is 384 g/mol. The molecular weight excluding hydrogens is 360 g/mol. The number of hydrogen-bond acceptors (Lipinski definition) is 5. The Hall–Kier alpha value is -3.35. The maximum absolute atomic E-state index is 12.7. The third kappa shape index (κ3) is 5.33. The standard InChI is InChI=1S/C21H24N2O5/c1-13(2)18(23-19(24)14-8-10-17(27-3)11-9-14)20(25)22-16-7-5-6-15(12-16)21(26)28-4/h5-13,18H,1-4H3,(H,22,25)(H,23,24). The molecule has 7 nitrogen and oxygen atoms in total. The highest BCUT2D eigenvalue weighted by atomic mass is 16.5. The lowest BCUT2D eigenvalue weighted by Gasteiger charge is -2.22. The van der Waals surface area contributed by atoms with E-state index in [1.807, 2.05) is 13.8 Å². The van der Waals surface area contributed by atoms with Crippen molar-refractivity contribution in [3.05, 3.63) is 59.7 Å². The van der Waals surface area contributed by atoms with Crippen LogP contribution in [0, 0.1) is 5.92 Å². The second-order valence-electron chi connectivity index (χ2n) is 6.49. The predicted octanol–water partition coefficient (Wildman–Crippen LogP) is 2.87. The topological polar surface area (TPSA) is 93.7 Å². The number of ether oxygens (including phenoxy) is 2. The fourth-order valence-corrected chi connectivity index (χ4v) is 2.56. The summed E-state index contributed by atoms with van der Waals surface area (Å²) in [7, 11) is 2.83. The molecule has 0 aliphatic carbocycles. The third-order valence-electron chi connectivity index (χ3n) is 4.14. The molecule has 2 rings (SSSR count). The molecule has 2 aromatic carbocycles. The number of amides is 2. The lowest BCUT2D eigenvalue weighted by molar-refractivity contribution is -0.118. The number of rotatable bonds is 7. The summed E-state index contributed by atoms with van der Waals surface area (Å²) in [6.45, 7) is 3.67. The van der Waals surface area contributed by atoms with E-state index < -0.39 is 12.0 Å². The molecule has 0 radical (unpaired) electrons. The molecule has 2 aromatic rings. The summed E-state index contributed by atoms with van der Waals surface area (Å²) in [6, 6.07) is 12.3. The van der Waals surface area contributed by atoms with E-state index in [-0.39, 0.29) is 17.7 Å².